The third-order valence-corrected chi connectivity index (χ3v) is 3.49. The summed E-state index contributed by atoms with van der Waals surface area (Å²) in [4.78, 5) is 11.0. The van der Waals surface area contributed by atoms with Gasteiger partial charge >= 0.3 is 0 Å². The summed E-state index contributed by atoms with van der Waals surface area (Å²) in [5.74, 6) is 0.822. The fourth-order valence-electron chi connectivity index (χ4n) is 1.72. The quantitative estimate of drug-likeness (QED) is 0.795. The van der Waals surface area contributed by atoms with Gasteiger partial charge in [-0.15, -0.1) is 0 Å². The van der Waals surface area contributed by atoms with E-state index in [1.54, 1.807) is 0 Å². The van der Waals surface area contributed by atoms with Gasteiger partial charge in [0, 0.05) is 12.8 Å². The minimum Gasteiger partial charge on any atom is -0.393 e. The summed E-state index contributed by atoms with van der Waals surface area (Å²) in [5.41, 5.74) is 1.32. The van der Waals surface area contributed by atoms with E-state index in [1.807, 2.05) is 25.1 Å². The van der Waals surface area contributed by atoms with Crippen LogP contribution in [0.1, 0.15) is 58.4 Å². The number of aliphatic hydroxyl groups is 1. The van der Waals surface area contributed by atoms with Gasteiger partial charge in [0.2, 0.25) is 0 Å². The van der Waals surface area contributed by atoms with Gasteiger partial charge in [-0.05, 0) is 25.7 Å². The average Bonchev–Trinajstić information content (AvgIpc) is 2.46. The van der Waals surface area contributed by atoms with Crippen LogP contribution in [0.4, 0.5) is 0 Å². The Balaban J connectivity index is 0.000000428. The molecule has 0 amide bonds. The molecule has 1 rings (SSSR count). The Bertz CT molecular complexity index is 346. The van der Waals surface area contributed by atoms with Gasteiger partial charge < -0.3 is 5.11 Å². The zero-order valence-corrected chi connectivity index (χ0v) is 13.4. The van der Waals surface area contributed by atoms with Crippen LogP contribution in [0, 0.1) is 12.8 Å². The van der Waals surface area contributed by atoms with Crippen LogP contribution in [-0.2, 0) is 4.79 Å². The van der Waals surface area contributed by atoms with E-state index < -0.39 is 6.10 Å². The van der Waals surface area contributed by atoms with Crippen molar-refractivity contribution in [3.63, 3.8) is 0 Å². The third kappa shape index (κ3) is 10.7. The molecular weight excluding hydrogens is 248 g/mol. The molecule has 0 heterocycles. The van der Waals surface area contributed by atoms with Gasteiger partial charge in [-0.1, -0.05) is 63.1 Å². The molecule has 1 aromatic rings. The molecule has 2 unspecified atom stereocenters. The Kier molecular flexibility index (Phi) is 11.0. The average molecular weight is 278 g/mol. The predicted octanol–water partition coefficient (Wildman–Crippen LogP) is 4.54. The molecule has 0 radical (unpaired) electrons. The molecule has 0 aliphatic heterocycles. The van der Waals surface area contributed by atoms with Crippen LogP contribution in [-0.4, -0.2) is 17.0 Å². The van der Waals surface area contributed by atoms with Crippen molar-refractivity contribution in [2.75, 3.05) is 0 Å². The van der Waals surface area contributed by atoms with Gasteiger partial charge in [0.15, 0.2) is 0 Å². The molecule has 114 valence electrons. The van der Waals surface area contributed by atoms with Gasteiger partial charge in [-0.3, -0.25) is 4.79 Å². The molecule has 2 nitrogen and oxygen atoms in total. The Hall–Kier alpha value is -1.15. The third-order valence-electron chi connectivity index (χ3n) is 3.49. The fraction of sp³-hybridized carbons (Fsp3) is 0.611. The van der Waals surface area contributed by atoms with Crippen LogP contribution >= 0.6 is 0 Å². The monoisotopic (exact) mass is 278 g/mol. The lowest BCUT2D eigenvalue weighted by atomic mass is 9.98. The highest BCUT2D eigenvalue weighted by molar-refractivity contribution is 5.78. The van der Waals surface area contributed by atoms with Crippen LogP contribution in [0.25, 0.3) is 0 Å². The van der Waals surface area contributed by atoms with E-state index in [0.717, 1.165) is 19.3 Å². The molecule has 0 spiro atoms. The van der Waals surface area contributed by atoms with E-state index in [-0.39, 0.29) is 5.78 Å². The predicted molar refractivity (Wildman–Crippen MR) is 85.8 cm³/mol. The molecule has 0 aliphatic carbocycles. The number of carbonyl (C=O) groups is 1. The first kappa shape index (κ1) is 18.9. The second kappa shape index (κ2) is 11.7. The van der Waals surface area contributed by atoms with Crippen molar-refractivity contribution < 1.29 is 9.90 Å². The fourth-order valence-corrected chi connectivity index (χ4v) is 1.72. The van der Waals surface area contributed by atoms with Crippen LogP contribution in [0.15, 0.2) is 30.3 Å². The largest absolute Gasteiger partial charge is 0.393 e. The van der Waals surface area contributed by atoms with Crippen LogP contribution < -0.4 is 0 Å². The van der Waals surface area contributed by atoms with Gasteiger partial charge in [0.05, 0.1) is 6.10 Å². The van der Waals surface area contributed by atoms with Crippen molar-refractivity contribution in [3.05, 3.63) is 35.9 Å². The first-order chi connectivity index (χ1) is 9.49. The van der Waals surface area contributed by atoms with Gasteiger partial charge in [-0.25, -0.2) is 0 Å². The molecule has 1 N–H and O–H groups in total. The van der Waals surface area contributed by atoms with Crippen molar-refractivity contribution >= 4 is 5.78 Å². The molecule has 0 bridgehead atoms. The summed E-state index contributed by atoms with van der Waals surface area (Å²) in [5, 5.41) is 9.47. The number of hydrogen-bond acceptors (Lipinski definition) is 2. The maximum Gasteiger partial charge on any atom is 0.135 e. The Morgan fingerprint density at radius 3 is 2.15 bits per heavy atom. The summed E-state index contributed by atoms with van der Waals surface area (Å²) in [6.07, 6.45) is 3.40. The Labute approximate surface area is 124 Å². The second-order valence-electron chi connectivity index (χ2n) is 5.50. The zero-order chi connectivity index (χ0) is 15.4. The molecular formula is C18H30O2. The van der Waals surface area contributed by atoms with Crippen molar-refractivity contribution in [1.82, 2.24) is 0 Å². The highest BCUT2D eigenvalue weighted by atomic mass is 16.3. The number of Topliss-reactive ketones (excluding diaryl/α,β-unsaturated/α-hetero) is 1. The lowest BCUT2D eigenvalue weighted by molar-refractivity contribution is -0.120. The first-order valence-corrected chi connectivity index (χ1v) is 7.70. The molecule has 0 fully saturated rings. The smallest absolute Gasteiger partial charge is 0.135 e. The SMILES string of the molecule is CCC(=O)CC(O)CCC(C)CC.Cc1ccccc1. The Morgan fingerprint density at radius 2 is 1.75 bits per heavy atom. The first-order valence-electron chi connectivity index (χ1n) is 7.70. The normalized spacial score (nSPS) is 13.1. The molecule has 0 saturated heterocycles. The van der Waals surface area contributed by atoms with Crippen molar-refractivity contribution in [2.45, 2.75) is 65.9 Å². The van der Waals surface area contributed by atoms with Crippen molar-refractivity contribution in [2.24, 2.45) is 5.92 Å². The minimum absolute atomic E-state index is 0.164. The summed E-state index contributed by atoms with van der Waals surface area (Å²) < 4.78 is 0. The zero-order valence-electron chi connectivity index (χ0n) is 13.4. The molecule has 1 aromatic carbocycles. The molecule has 2 atom stereocenters. The van der Waals surface area contributed by atoms with Crippen molar-refractivity contribution in [3.8, 4) is 0 Å². The van der Waals surface area contributed by atoms with E-state index in [2.05, 4.69) is 32.9 Å². The minimum atomic E-state index is -0.415. The standard InChI is InChI=1S/C11H22O2.C7H8/c1-4-9(3)6-7-11(13)8-10(12)5-2;1-7-5-3-2-4-6-7/h9,11,13H,4-8H2,1-3H3;2-6H,1H3. The topological polar surface area (TPSA) is 37.3 Å². The number of hydrogen-bond donors (Lipinski definition) is 1. The van der Waals surface area contributed by atoms with Gasteiger partial charge in [0.25, 0.3) is 0 Å². The number of benzene rings is 1. The van der Waals surface area contributed by atoms with E-state index in [1.165, 1.54) is 5.56 Å². The summed E-state index contributed by atoms with van der Waals surface area (Å²) in [7, 11) is 0. The summed E-state index contributed by atoms with van der Waals surface area (Å²) in [6.45, 7) is 8.24. The molecule has 0 aliphatic rings. The van der Waals surface area contributed by atoms with Crippen LogP contribution in [0.5, 0.6) is 0 Å². The Morgan fingerprint density at radius 1 is 1.15 bits per heavy atom. The molecule has 2 heteroatoms. The van der Waals surface area contributed by atoms with Crippen LogP contribution in [0.2, 0.25) is 0 Å². The van der Waals surface area contributed by atoms with E-state index >= 15 is 0 Å². The summed E-state index contributed by atoms with van der Waals surface area (Å²) >= 11 is 0. The lowest BCUT2D eigenvalue weighted by Gasteiger charge is -2.12. The number of ketones is 1. The van der Waals surface area contributed by atoms with E-state index in [9.17, 15) is 9.90 Å². The van der Waals surface area contributed by atoms with Gasteiger partial charge in [0.1, 0.15) is 5.78 Å². The molecule has 0 aromatic heterocycles. The number of rotatable bonds is 7. The van der Waals surface area contributed by atoms with Crippen molar-refractivity contribution in [1.29, 1.82) is 0 Å². The van der Waals surface area contributed by atoms with Gasteiger partial charge in [-0.2, -0.15) is 0 Å². The number of aryl methyl sites for hydroxylation is 1. The maximum absolute atomic E-state index is 11.0. The number of aliphatic hydroxyl groups excluding tert-OH is 1. The highest BCUT2D eigenvalue weighted by Crippen LogP contribution is 2.13. The van der Waals surface area contributed by atoms with Crippen LogP contribution in [0.3, 0.4) is 0 Å². The van der Waals surface area contributed by atoms with E-state index in [4.69, 9.17) is 0 Å². The summed E-state index contributed by atoms with van der Waals surface area (Å²) in [6, 6.07) is 10.3. The molecule has 0 saturated carbocycles. The second-order valence-corrected chi connectivity index (χ2v) is 5.50. The lowest BCUT2D eigenvalue weighted by Crippen LogP contribution is -2.13. The maximum atomic E-state index is 11.0. The number of carbonyl (C=O) groups excluding carboxylic acids is 1. The highest BCUT2D eigenvalue weighted by Gasteiger charge is 2.10. The molecule has 20 heavy (non-hydrogen) atoms. The van der Waals surface area contributed by atoms with E-state index in [0.29, 0.717) is 18.8 Å².